The number of fused-ring (bicyclic) bond motifs is 1. The molecule has 3 heterocycles. The number of rotatable bonds is 7. The van der Waals surface area contributed by atoms with Crippen LogP contribution in [-0.2, 0) is 9.59 Å². The minimum Gasteiger partial charge on any atom is -0.454 e. The standard InChI is InChI=1S/C29H27F2N7O3/c30-18-7-10-22(31)23(13-18)41-20-8-5-17(6-9-20)25-24-26(32)34-15-35-28(24)38(36-25)19-2-1-11-37(14-19)29(40)21(27(33)39)12-16-3-4-16/h5-10,12-13,15-16,19H,1-4,11,14H2,(H2,33,39)(H2,32,34,35)/t19-/m0/s1. The molecule has 0 bridgehead atoms. The smallest absolute Gasteiger partial charge is 0.259 e. The van der Waals surface area contributed by atoms with E-state index in [0.29, 0.717) is 47.6 Å². The number of carbonyl (C=O) groups is 2. The van der Waals surface area contributed by atoms with Crippen LogP contribution < -0.4 is 16.2 Å². The first-order valence-corrected chi connectivity index (χ1v) is 13.3. The van der Waals surface area contributed by atoms with Crippen LogP contribution in [0.1, 0.15) is 31.7 Å². The summed E-state index contributed by atoms with van der Waals surface area (Å²) in [5, 5.41) is 5.40. The Morgan fingerprint density at radius 1 is 1.05 bits per heavy atom. The second kappa shape index (κ2) is 10.6. The van der Waals surface area contributed by atoms with Gasteiger partial charge in [-0.05, 0) is 68.0 Å². The maximum absolute atomic E-state index is 14.0. The number of nitrogens with zero attached hydrogens (tertiary/aromatic N) is 5. The van der Waals surface area contributed by atoms with Crippen LogP contribution in [0.4, 0.5) is 14.6 Å². The fraction of sp³-hybridized carbons (Fsp3) is 0.276. The number of aromatic nitrogens is 4. The minimum atomic E-state index is -0.719. The summed E-state index contributed by atoms with van der Waals surface area (Å²) in [5.41, 5.74) is 13.6. The van der Waals surface area contributed by atoms with Gasteiger partial charge in [0.1, 0.15) is 35.0 Å². The van der Waals surface area contributed by atoms with Crippen molar-refractivity contribution in [3.05, 3.63) is 72.1 Å². The number of hydrogen-bond donors (Lipinski definition) is 2. The lowest BCUT2D eigenvalue weighted by Crippen LogP contribution is -2.43. The van der Waals surface area contributed by atoms with E-state index in [4.69, 9.17) is 21.3 Å². The number of nitrogens with two attached hydrogens (primary N) is 2. The summed E-state index contributed by atoms with van der Waals surface area (Å²) in [6, 6.07) is 9.44. The summed E-state index contributed by atoms with van der Waals surface area (Å²) < 4.78 is 34.9. The van der Waals surface area contributed by atoms with E-state index in [9.17, 15) is 18.4 Å². The van der Waals surface area contributed by atoms with E-state index < -0.39 is 17.5 Å². The normalized spacial score (nSPS) is 17.6. The van der Waals surface area contributed by atoms with Gasteiger partial charge in [-0.15, -0.1) is 0 Å². The first kappa shape index (κ1) is 26.4. The second-order valence-corrected chi connectivity index (χ2v) is 10.3. The second-order valence-electron chi connectivity index (χ2n) is 10.3. The molecular formula is C29H27F2N7O3. The van der Waals surface area contributed by atoms with Crippen molar-refractivity contribution in [1.29, 1.82) is 0 Å². The zero-order valence-electron chi connectivity index (χ0n) is 22.0. The molecule has 1 aliphatic heterocycles. The molecule has 4 N–H and O–H groups in total. The van der Waals surface area contributed by atoms with Gasteiger partial charge in [-0.3, -0.25) is 9.59 Å². The highest BCUT2D eigenvalue weighted by molar-refractivity contribution is 6.17. The summed E-state index contributed by atoms with van der Waals surface area (Å²) in [6.07, 6.45) is 6.38. The highest BCUT2D eigenvalue weighted by atomic mass is 19.1. The minimum absolute atomic E-state index is 0.0335. The summed E-state index contributed by atoms with van der Waals surface area (Å²) in [4.78, 5) is 35.5. The number of benzene rings is 2. The molecule has 1 atom stereocenters. The van der Waals surface area contributed by atoms with Gasteiger partial charge in [0.05, 0.1) is 11.4 Å². The first-order valence-electron chi connectivity index (χ1n) is 13.3. The molecule has 1 saturated heterocycles. The number of piperidine rings is 1. The van der Waals surface area contributed by atoms with E-state index >= 15 is 0 Å². The molecule has 41 heavy (non-hydrogen) atoms. The third-order valence-electron chi connectivity index (χ3n) is 7.32. The number of nitrogen functional groups attached to an aromatic ring is 1. The Morgan fingerprint density at radius 3 is 2.56 bits per heavy atom. The molecule has 210 valence electrons. The number of carbonyl (C=O) groups excluding carboxylic acids is 2. The first-order chi connectivity index (χ1) is 19.8. The third-order valence-corrected chi connectivity index (χ3v) is 7.32. The van der Waals surface area contributed by atoms with Crippen LogP contribution in [0.3, 0.4) is 0 Å². The van der Waals surface area contributed by atoms with Gasteiger partial charge in [0.25, 0.3) is 11.8 Å². The van der Waals surface area contributed by atoms with Crippen LogP contribution in [0.15, 0.2) is 60.4 Å². The molecular weight excluding hydrogens is 532 g/mol. The molecule has 4 aromatic rings. The largest absolute Gasteiger partial charge is 0.454 e. The van der Waals surface area contributed by atoms with Crippen LogP contribution >= 0.6 is 0 Å². The third kappa shape index (κ3) is 5.32. The number of ether oxygens (including phenoxy) is 1. The van der Waals surface area contributed by atoms with Crippen molar-refractivity contribution in [2.24, 2.45) is 11.7 Å². The molecule has 2 fully saturated rings. The Morgan fingerprint density at radius 2 is 1.83 bits per heavy atom. The van der Waals surface area contributed by atoms with Gasteiger partial charge in [-0.1, -0.05) is 6.08 Å². The lowest BCUT2D eigenvalue weighted by molar-refractivity contribution is -0.131. The predicted octanol–water partition coefficient (Wildman–Crippen LogP) is 4.13. The zero-order valence-corrected chi connectivity index (χ0v) is 22.0. The molecule has 2 aliphatic rings. The number of hydrogen-bond acceptors (Lipinski definition) is 7. The monoisotopic (exact) mass is 559 g/mol. The van der Waals surface area contributed by atoms with Gasteiger partial charge >= 0.3 is 0 Å². The van der Waals surface area contributed by atoms with Crippen molar-refractivity contribution < 1.29 is 23.1 Å². The quantitative estimate of drug-likeness (QED) is 0.197. The van der Waals surface area contributed by atoms with Crippen LogP contribution in [0.25, 0.3) is 22.3 Å². The van der Waals surface area contributed by atoms with Crippen molar-refractivity contribution in [2.45, 2.75) is 31.7 Å². The Kier molecular flexibility index (Phi) is 6.82. The predicted molar refractivity (Wildman–Crippen MR) is 146 cm³/mol. The van der Waals surface area contributed by atoms with Crippen molar-refractivity contribution >= 4 is 28.7 Å². The fourth-order valence-electron chi connectivity index (χ4n) is 5.08. The zero-order chi connectivity index (χ0) is 28.7. The molecule has 12 heteroatoms. The molecule has 0 spiro atoms. The molecule has 0 unspecified atom stereocenters. The van der Waals surface area contributed by atoms with Gasteiger partial charge < -0.3 is 21.1 Å². The van der Waals surface area contributed by atoms with Crippen molar-refractivity contribution in [2.75, 3.05) is 18.8 Å². The van der Waals surface area contributed by atoms with E-state index in [1.165, 1.54) is 6.33 Å². The summed E-state index contributed by atoms with van der Waals surface area (Å²) in [5.74, 6) is -1.84. The molecule has 10 nitrogen and oxygen atoms in total. The lowest BCUT2D eigenvalue weighted by atomic mass is 10.0. The number of anilines is 1. The Hall–Kier alpha value is -4.87. The average molecular weight is 560 g/mol. The Balaban J connectivity index is 1.30. The highest BCUT2D eigenvalue weighted by Gasteiger charge is 2.32. The van der Waals surface area contributed by atoms with Crippen molar-refractivity contribution in [3.63, 3.8) is 0 Å². The highest BCUT2D eigenvalue weighted by Crippen LogP contribution is 2.36. The molecule has 2 aromatic carbocycles. The topological polar surface area (TPSA) is 142 Å². The van der Waals surface area contributed by atoms with Gasteiger partial charge in [-0.2, -0.15) is 5.10 Å². The van der Waals surface area contributed by atoms with E-state index in [1.54, 1.807) is 39.9 Å². The van der Waals surface area contributed by atoms with E-state index in [0.717, 1.165) is 37.5 Å². The van der Waals surface area contributed by atoms with Crippen LogP contribution in [-0.4, -0.2) is 49.6 Å². The van der Waals surface area contributed by atoms with Crippen molar-refractivity contribution in [3.8, 4) is 22.8 Å². The van der Waals surface area contributed by atoms with Crippen molar-refractivity contribution in [1.82, 2.24) is 24.6 Å². The van der Waals surface area contributed by atoms with Gasteiger partial charge in [0, 0.05) is 24.7 Å². The molecule has 2 aromatic heterocycles. The van der Waals surface area contributed by atoms with Crippen LogP contribution in [0.2, 0.25) is 0 Å². The van der Waals surface area contributed by atoms with Gasteiger partial charge in [-0.25, -0.2) is 23.4 Å². The number of primary amides is 1. The van der Waals surface area contributed by atoms with Crippen LogP contribution in [0.5, 0.6) is 11.5 Å². The van der Waals surface area contributed by atoms with Crippen LogP contribution in [0, 0.1) is 17.6 Å². The molecule has 6 rings (SSSR count). The number of halogens is 2. The molecule has 1 saturated carbocycles. The molecule has 0 radical (unpaired) electrons. The summed E-state index contributed by atoms with van der Waals surface area (Å²) in [7, 11) is 0. The average Bonchev–Trinajstić information content (AvgIpc) is 3.71. The van der Waals surface area contributed by atoms with Gasteiger partial charge in [0.2, 0.25) is 0 Å². The Bertz CT molecular complexity index is 1680. The fourth-order valence-corrected chi connectivity index (χ4v) is 5.08. The van der Waals surface area contributed by atoms with E-state index in [-0.39, 0.29) is 35.0 Å². The lowest BCUT2D eigenvalue weighted by Gasteiger charge is -2.33. The summed E-state index contributed by atoms with van der Waals surface area (Å²) in [6.45, 7) is 0.821. The maximum Gasteiger partial charge on any atom is 0.259 e. The number of amides is 2. The number of likely N-dealkylation sites (tertiary alicyclic amines) is 1. The SMILES string of the molecule is NC(=O)C(=CC1CC1)C(=O)N1CCC[C@H](n2nc(-c3ccc(Oc4cc(F)ccc4F)cc3)c3c(N)ncnc32)C1. The molecule has 1 aliphatic carbocycles. The Labute approximate surface area is 233 Å². The van der Waals surface area contributed by atoms with E-state index in [1.807, 2.05) is 0 Å². The number of allylic oxidation sites excluding steroid dienone is 1. The maximum atomic E-state index is 14.0. The van der Waals surface area contributed by atoms with E-state index in [2.05, 4.69) is 9.97 Å². The summed E-state index contributed by atoms with van der Waals surface area (Å²) >= 11 is 0. The van der Waals surface area contributed by atoms with Gasteiger partial charge in [0.15, 0.2) is 17.2 Å². The molecule has 2 amide bonds.